The summed E-state index contributed by atoms with van der Waals surface area (Å²) in [7, 11) is 0. The van der Waals surface area contributed by atoms with E-state index in [-0.39, 0.29) is 59.9 Å². The van der Waals surface area contributed by atoms with Crippen LogP contribution < -0.4 is 4.74 Å². The first-order valence-corrected chi connectivity index (χ1v) is 26.4. The minimum absolute atomic E-state index is 0. The molecule has 6 aromatic rings. The zero-order valence-electron chi connectivity index (χ0n) is 44.2. The first-order valence-electron chi connectivity index (χ1n) is 25.9. The van der Waals surface area contributed by atoms with Crippen LogP contribution >= 0.6 is 11.6 Å². The maximum absolute atomic E-state index is 14.9. The highest BCUT2D eigenvalue weighted by Crippen LogP contribution is 2.63. The number of rotatable bonds is 10. The number of ether oxygens (including phenoxy) is 3. The SMILES string of the molecule is CCOC(=O)[C@@H]1C[C@@]12CCc1ccc(O)cc12.CCOC(=O)[C@@H]1C[C@@]12CCc1ccc(OCc3ccc(C(C)(C)C)c(-c4cc(C)ccc4F)c3)cc12.Cc1ccc(F)c(-c2cc(CCl)ccc2C(C)(C)C)c1.[3HH].[HH]. The van der Waals surface area contributed by atoms with Crippen molar-refractivity contribution in [3.63, 3.8) is 0 Å². The summed E-state index contributed by atoms with van der Waals surface area (Å²) in [4.78, 5) is 24.2. The third-order valence-corrected chi connectivity index (χ3v) is 15.7. The predicted molar refractivity (Wildman–Crippen MR) is 293 cm³/mol. The molecule has 1 N–H and O–H groups in total. The van der Waals surface area contributed by atoms with E-state index in [0.29, 0.717) is 42.6 Å². The Labute approximate surface area is 439 Å². The summed E-state index contributed by atoms with van der Waals surface area (Å²) in [5, 5.41) is 9.57. The lowest BCUT2D eigenvalue weighted by molar-refractivity contribution is -0.146. The van der Waals surface area contributed by atoms with Gasteiger partial charge < -0.3 is 19.3 Å². The van der Waals surface area contributed by atoms with Crippen molar-refractivity contribution >= 4 is 23.5 Å². The van der Waals surface area contributed by atoms with Gasteiger partial charge in [-0.2, -0.15) is 0 Å². The lowest BCUT2D eigenvalue weighted by atomic mass is 9.81. The number of fused-ring (bicyclic) bond motifs is 4. The molecule has 388 valence electrons. The number of carbonyl (C=O) groups excluding carboxylic acids is 2. The van der Waals surface area contributed by atoms with Crippen LogP contribution in [0.5, 0.6) is 11.5 Å². The largest absolute Gasteiger partial charge is 0.508 e. The van der Waals surface area contributed by atoms with Gasteiger partial charge in [0.1, 0.15) is 29.7 Å². The van der Waals surface area contributed by atoms with Crippen molar-refractivity contribution in [2.45, 2.75) is 142 Å². The standard InChI is InChI=1S/C32H35FO3.C18H20ClF.C14H16O3.2H2/c1-6-35-30(34)28-18-32(28)14-13-22-9-10-23(17-27(22)32)36-19-21-8-11-26(31(3,4)5)24(16-21)25-15-20(2)7-12-29(25)33;1-12-5-8-17(20)15(9-12)14-10-13(11-19)6-7-16(14)18(2,3)4;1-2-17-13(16)12-8-14(12)6-5-9-3-4-10(15)7-11(9)14;;/h7-12,15-17,28H,6,13-14,18-19H2,1-5H3;5-10H,11H2,1-4H3;3-4,7,12,15H,2,5-6,8H2,1H3;2*1H/t28-,32+;;12-,14+;;/m0.0../s1/i;;;1+2;. The molecular formula is C64H75ClF2O6. The number of hydrogen-bond acceptors (Lipinski definition) is 6. The Hall–Kier alpha value is -5.99. The van der Waals surface area contributed by atoms with E-state index in [1.54, 1.807) is 24.3 Å². The van der Waals surface area contributed by atoms with Crippen LogP contribution in [0, 0.1) is 37.3 Å². The van der Waals surface area contributed by atoms with Gasteiger partial charge in [0.25, 0.3) is 0 Å². The van der Waals surface area contributed by atoms with Crippen molar-refractivity contribution in [3.05, 3.63) is 176 Å². The third-order valence-electron chi connectivity index (χ3n) is 15.4. The molecule has 2 saturated carbocycles. The van der Waals surface area contributed by atoms with Gasteiger partial charge in [-0.05, 0) is 193 Å². The maximum Gasteiger partial charge on any atom is 0.309 e. The van der Waals surface area contributed by atoms with E-state index in [9.17, 15) is 23.5 Å². The number of phenols is 1. The minimum Gasteiger partial charge on any atom is -0.508 e. The molecule has 6 nitrogen and oxygen atoms in total. The van der Waals surface area contributed by atoms with E-state index < -0.39 is 0 Å². The highest BCUT2D eigenvalue weighted by molar-refractivity contribution is 6.17. The predicted octanol–water partition coefficient (Wildman–Crippen LogP) is 15.9. The molecule has 9 heteroatoms. The Kier molecular flexibility index (Phi) is 15.4. The van der Waals surface area contributed by atoms with Crippen LogP contribution in [0.1, 0.15) is 140 Å². The zero-order valence-corrected chi connectivity index (χ0v) is 45.0. The van der Waals surface area contributed by atoms with Crippen molar-refractivity contribution in [2.75, 3.05) is 13.2 Å². The summed E-state index contributed by atoms with van der Waals surface area (Å²) >= 11 is 5.93. The molecule has 4 atom stereocenters. The highest BCUT2D eigenvalue weighted by atomic mass is 35.5. The maximum atomic E-state index is 14.9. The molecule has 0 aromatic heterocycles. The zero-order chi connectivity index (χ0) is 52.6. The second-order valence-corrected chi connectivity index (χ2v) is 22.9. The number of esters is 2. The van der Waals surface area contributed by atoms with Crippen LogP contribution in [0.4, 0.5) is 8.78 Å². The summed E-state index contributed by atoms with van der Waals surface area (Å²) in [5.41, 5.74) is 14.2. The number of aromatic hydroxyl groups is 1. The molecule has 0 amide bonds. The van der Waals surface area contributed by atoms with Crippen LogP contribution in [0.15, 0.2) is 109 Å². The summed E-state index contributed by atoms with van der Waals surface area (Å²) in [5.74, 6) is 0.936. The molecule has 0 aliphatic heterocycles. The smallest absolute Gasteiger partial charge is 0.309 e. The fourth-order valence-electron chi connectivity index (χ4n) is 11.4. The van der Waals surface area contributed by atoms with Crippen LogP contribution in [0.3, 0.4) is 0 Å². The van der Waals surface area contributed by atoms with E-state index >= 15 is 0 Å². The number of halogens is 3. The summed E-state index contributed by atoms with van der Waals surface area (Å²) in [6, 6.07) is 34.6. The number of carbonyl (C=O) groups is 2. The van der Waals surface area contributed by atoms with Gasteiger partial charge in [0.2, 0.25) is 0 Å². The Morgan fingerprint density at radius 1 is 0.630 bits per heavy atom. The summed E-state index contributed by atoms with van der Waals surface area (Å²) in [6.45, 7) is 21.8. The molecule has 6 aromatic carbocycles. The number of alkyl halides is 1. The van der Waals surface area contributed by atoms with Crippen LogP contribution in [0.25, 0.3) is 22.3 Å². The number of hydrogen-bond donors (Lipinski definition) is 1. The first-order chi connectivity index (χ1) is 34.6. The van der Waals surface area contributed by atoms with Gasteiger partial charge in [-0.15, -0.1) is 11.6 Å². The molecule has 2 spiro atoms. The fourth-order valence-corrected chi connectivity index (χ4v) is 11.6. The van der Waals surface area contributed by atoms with E-state index in [2.05, 4.69) is 77.9 Å². The Morgan fingerprint density at radius 3 is 1.58 bits per heavy atom. The van der Waals surface area contributed by atoms with Gasteiger partial charge in [-0.1, -0.05) is 101 Å². The minimum atomic E-state index is -0.214. The molecule has 0 radical (unpaired) electrons. The molecule has 10 rings (SSSR count). The van der Waals surface area contributed by atoms with Crippen LogP contribution in [-0.2, 0) is 66.1 Å². The fraction of sp³-hybridized carbons (Fsp3) is 0.406. The normalized spacial score (nSPS) is 20.0. The second kappa shape index (κ2) is 21.1. The van der Waals surface area contributed by atoms with Gasteiger partial charge >= 0.3 is 11.9 Å². The van der Waals surface area contributed by atoms with E-state index in [4.69, 9.17) is 25.8 Å². The molecule has 0 heterocycles. The lowest BCUT2D eigenvalue weighted by Crippen LogP contribution is -2.15. The topological polar surface area (TPSA) is 82.1 Å². The van der Waals surface area contributed by atoms with Gasteiger partial charge in [0, 0.05) is 30.7 Å². The summed E-state index contributed by atoms with van der Waals surface area (Å²) < 4.78 is 45.8. The summed E-state index contributed by atoms with van der Waals surface area (Å²) in [6.07, 6.45) is 5.74. The molecule has 4 aliphatic carbocycles. The van der Waals surface area contributed by atoms with Crippen molar-refractivity contribution in [1.29, 1.82) is 0 Å². The molecule has 0 bridgehead atoms. The third kappa shape index (κ3) is 11.3. The monoisotopic (exact) mass is 1010 g/mol. The number of benzene rings is 6. The van der Waals surface area contributed by atoms with Gasteiger partial charge in [0.15, 0.2) is 0 Å². The quantitative estimate of drug-likeness (QED) is 0.109. The average molecular weight is 1020 g/mol. The molecule has 0 unspecified atom stereocenters. The van der Waals surface area contributed by atoms with Crippen molar-refractivity contribution in [1.82, 2.24) is 0 Å². The highest BCUT2D eigenvalue weighted by Gasteiger charge is 2.63. The van der Waals surface area contributed by atoms with Crippen LogP contribution in [0.2, 0.25) is 0 Å². The van der Waals surface area contributed by atoms with Gasteiger partial charge in [0.05, 0.1) is 25.0 Å². The van der Waals surface area contributed by atoms with Gasteiger partial charge in [-0.3, -0.25) is 9.59 Å². The number of phenolic OH excluding ortho intramolecular Hbond substituents is 1. The van der Waals surface area contributed by atoms with E-state index in [1.807, 2.05) is 70.2 Å². The molecule has 2 fully saturated rings. The van der Waals surface area contributed by atoms with Crippen molar-refractivity contribution in [3.8, 4) is 33.8 Å². The molecular weight excluding hydrogens is 938 g/mol. The van der Waals surface area contributed by atoms with Crippen molar-refractivity contribution in [2.24, 2.45) is 11.8 Å². The average Bonchev–Trinajstić information content (AvgIpc) is 4.21. The van der Waals surface area contributed by atoms with Crippen LogP contribution in [-0.4, -0.2) is 30.3 Å². The molecule has 0 saturated heterocycles. The van der Waals surface area contributed by atoms with Gasteiger partial charge in [-0.25, -0.2) is 8.78 Å². The Balaban J connectivity index is 0.000000198. The first kappa shape index (κ1) is 53.3. The molecule has 4 aliphatic rings. The van der Waals surface area contributed by atoms with Crippen molar-refractivity contribution < 1.29 is 40.5 Å². The lowest BCUT2D eigenvalue weighted by Gasteiger charge is -2.24. The Morgan fingerprint density at radius 2 is 1.10 bits per heavy atom. The second-order valence-electron chi connectivity index (χ2n) is 22.6. The number of aryl methyl sites for hydroxylation is 4. The van der Waals surface area contributed by atoms with E-state index in [1.165, 1.54) is 22.8 Å². The molecule has 73 heavy (non-hydrogen) atoms. The Bertz CT molecular complexity index is 3050. The van der Waals surface area contributed by atoms with E-state index in [0.717, 1.165) is 94.3 Å².